The molecular weight excluding hydrogens is 456 g/mol. The van der Waals surface area contributed by atoms with Crippen LogP contribution in [0.2, 0.25) is 0 Å². The number of carbonyl (C=O) groups is 1. The van der Waals surface area contributed by atoms with Crippen molar-refractivity contribution in [3.63, 3.8) is 0 Å². The van der Waals surface area contributed by atoms with E-state index in [0.717, 1.165) is 37.7 Å². The third kappa shape index (κ3) is 5.92. The summed E-state index contributed by atoms with van der Waals surface area (Å²) in [6, 6.07) is 11.9. The van der Waals surface area contributed by atoms with Crippen molar-refractivity contribution in [2.45, 2.75) is 18.9 Å². The van der Waals surface area contributed by atoms with Gasteiger partial charge in [0.2, 0.25) is 15.9 Å². The fourth-order valence-corrected chi connectivity index (χ4v) is 5.64. The number of nitrogens with zero attached hydrogens (tertiary/aromatic N) is 3. The highest BCUT2D eigenvalue weighted by Crippen LogP contribution is 2.26. The van der Waals surface area contributed by atoms with Crippen molar-refractivity contribution in [2.75, 3.05) is 64.1 Å². The number of piperazine rings is 1. The number of hydrogen-bond acceptors (Lipinski definition) is 7. The predicted octanol–water partition coefficient (Wildman–Crippen LogP) is 1.94. The van der Waals surface area contributed by atoms with E-state index in [4.69, 9.17) is 9.15 Å². The van der Waals surface area contributed by atoms with Gasteiger partial charge in [-0.05, 0) is 49.2 Å². The molecule has 2 aliphatic rings. The molecular formula is C24H34N4O5S. The van der Waals surface area contributed by atoms with E-state index in [2.05, 4.69) is 27.2 Å². The lowest BCUT2D eigenvalue weighted by Crippen LogP contribution is -2.50. The van der Waals surface area contributed by atoms with Crippen molar-refractivity contribution in [3.8, 4) is 5.75 Å². The number of methoxy groups -OCH3 is 1. The van der Waals surface area contributed by atoms with Crippen molar-refractivity contribution in [1.82, 2.24) is 14.5 Å². The summed E-state index contributed by atoms with van der Waals surface area (Å²) in [6.07, 6.45) is 3.98. The van der Waals surface area contributed by atoms with Gasteiger partial charge in [0, 0.05) is 57.4 Å². The van der Waals surface area contributed by atoms with Gasteiger partial charge in [-0.2, -0.15) is 0 Å². The lowest BCUT2D eigenvalue weighted by atomic mass is 9.97. The number of ether oxygens (including phenoxy) is 1. The predicted molar refractivity (Wildman–Crippen MR) is 130 cm³/mol. The molecule has 1 aromatic carbocycles. The topological polar surface area (TPSA) is 95.3 Å². The molecule has 0 radical (unpaired) electrons. The highest BCUT2D eigenvalue weighted by molar-refractivity contribution is 7.88. The van der Waals surface area contributed by atoms with Gasteiger partial charge in [0.25, 0.3) is 0 Å². The highest BCUT2D eigenvalue weighted by Gasteiger charge is 2.31. The van der Waals surface area contributed by atoms with Crippen LogP contribution in [0, 0.1) is 5.92 Å². The summed E-state index contributed by atoms with van der Waals surface area (Å²) in [7, 11) is -1.53. The molecule has 2 fully saturated rings. The molecule has 1 amide bonds. The van der Waals surface area contributed by atoms with Gasteiger partial charge in [0.1, 0.15) is 11.5 Å². The van der Waals surface area contributed by atoms with Gasteiger partial charge in [-0.1, -0.05) is 0 Å². The Hall–Kier alpha value is -2.56. The number of carbonyl (C=O) groups excluding carboxylic acids is 1. The van der Waals surface area contributed by atoms with Crippen LogP contribution in [0.5, 0.6) is 5.75 Å². The first-order valence-electron chi connectivity index (χ1n) is 11.7. The number of rotatable bonds is 8. The van der Waals surface area contributed by atoms with Gasteiger partial charge in [-0.3, -0.25) is 9.69 Å². The molecule has 0 spiro atoms. The van der Waals surface area contributed by atoms with Crippen LogP contribution in [0.3, 0.4) is 0 Å². The van der Waals surface area contributed by atoms with E-state index in [0.29, 0.717) is 32.5 Å². The molecule has 2 aliphatic heterocycles. The molecule has 4 rings (SSSR count). The van der Waals surface area contributed by atoms with Crippen LogP contribution in [0.1, 0.15) is 24.6 Å². The number of piperidine rings is 1. The van der Waals surface area contributed by atoms with Crippen LogP contribution in [-0.4, -0.2) is 82.7 Å². The Morgan fingerprint density at radius 1 is 1.09 bits per heavy atom. The molecule has 0 bridgehead atoms. The maximum absolute atomic E-state index is 12.9. The summed E-state index contributed by atoms with van der Waals surface area (Å²) in [5.41, 5.74) is 1.17. The molecule has 2 aromatic rings. The molecule has 1 aromatic heterocycles. The number of anilines is 1. The van der Waals surface area contributed by atoms with Gasteiger partial charge in [-0.15, -0.1) is 0 Å². The van der Waals surface area contributed by atoms with Crippen molar-refractivity contribution >= 4 is 21.6 Å². The van der Waals surface area contributed by atoms with E-state index >= 15 is 0 Å². The summed E-state index contributed by atoms with van der Waals surface area (Å²) < 4.78 is 35.9. The molecule has 34 heavy (non-hydrogen) atoms. The monoisotopic (exact) mass is 490 g/mol. The average molecular weight is 491 g/mol. The Morgan fingerprint density at radius 2 is 1.76 bits per heavy atom. The molecule has 9 nitrogen and oxygen atoms in total. The first-order valence-corrected chi connectivity index (χ1v) is 13.6. The lowest BCUT2D eigenvalue weighted by Gasteiger charge is -2.39. The molecule has 10 heteroatoms. The second kappa shape index (κ2) is 10.8. The molecule has 3 heterocycles. The fourth-order valence-electron chi connectivity index (χ4n) is 4.77. The van der Waals surface area contributed by atoms with Crippen molar-refractivity contribution in [1.29, 1.82) is 0 Å². The number of nitrogens with one attached hydrogen (secondary N) is 1. The van der Waals surface area contributed by atoms with E-state index in [1.54, 1.807) is 13.4 Å². The molecule has 1 N–H and O–H groups in total. The molecule has 0 saturated carbocycles. The quantitative estimate of drug-likeness (QED) is 0.604. The Balaban J connectivity index is 1.33. The van der Waals surface area contributed by atoms with Crippen molar-refractivity contribution in [2.24, 2.45) is 5.92 Å². The zero-order valence-corrected chi connectivity index (χ0v) is 20.7. The zero-order chi connectivity index (χ0) is 24.1. The Kier molecular flexibility index (Phi) is 7.80. The van der Waals surface area contributed by atoms with Gasteiger partial charge in [0.15, 0.2) is 0 Å². The Bertz CT molecular complexity index is 1030. The Morgan fingerprint density at radius 3 is 2.32 bits per heavy atom. The third-order valence-corrected chi connectivity index (χ3v) is 8.13. The van der Waals surface area contributed by atoms with Crippen LogP contribution in [0.15, 0.2) is 47.1 Å². The van der Waals surface area contributed by atoms with Gasteiger partial charge in [-0.25, -0.2) is 12.7 Å². The van der Waals surface area contributed by atoms with Gasteiger partial charge < -0.3 is 19.4 Å². The van der Waals surface area contributed by atoms with Crippen LogP contribution < -0.4 is 15.0 Å². The van der Waals surface area contributed by atoms with Crippen LogP contribution in [0.4, 0.5) is 5.69 Å². The third-order valence-electron chi connectivity index (χ3n) is 6.83. The molecule has 1 unspecified atom stereocenters. The first kappa shape index (κ1) is 24.6. The summed E-state index contributed by atoms with van der Waals surface area (Å²) in [4.78, 5) is 17.6. The summed E-state index contributed by atoms with van der Waals surface area (Å²) in [5.74, 6) is 1.51. The largest absolute Gasteiger partial charge is 0.497 e. The maximum atomic E-state index is 12.9. The average Bonchev–Trinajstić information content (AvgIpc) is 3.39. The number of benzene rings is 1. The van der Waals surface area contributed by atoms with E-state index in [9.17, 15) is 13.2 Å². The normalized spacial score (nSPS) is 19.6. The summed E-state index contributed by atoms with van der Waals surface area (Å²) in [5, 5.41) is 3.11. The van der Waals surface area contributed by atoms with E-state index < -0.39 is 10.0 Å². The first-order chi connectivity index (χ1) is 16.3. The number of hydrogen-bond donors (Lipinski definition) is 1. The maximum Gasteiger partial charge on any atom is 0.223 e. The molecule has 1 atom stereocenters. The number of furan rings is 1. The molecule has 0 aliphatic carbocycles. The fraction of sp³-hybridized carbons (Fsp3) is 0.542. The number of amides is 1. The van der Waals surface area contributed by atoms with Crippen molar-refractivity contribution < 1.29 is 22.4 Å². The SMILES string of the molecule is COc1ccc(N2CCN(C(CNC(=O)C3CCN(S(C)(=O)=O)CC3)c3ccco3)CC2)cc1. The minimum Gasteiger partial charge on any atom is -0.497 e. The summed E-state index contributed by atoms with van der Waals surface area (Å²) in [6.45, 7) is 4.70. The lowest BCUT2D eigenvalue weighted by molar-refractivity contribution is -0.126. The van der Waals surface area contributed by atoms with E-state index in [1.165, 1.54) is 16.2 Å². The van der Waals surface area contributed by atoms with Gasteiger partial charge in [0.05, 0.1) is 25.7 Å². The second-order valence-corrected chi connectivity index (χ2v) is 10.9. The molecule has 2 saturated heterocycles. The number of sulfonamides is 1. The van der Waals surface area contributed by atoms with E-state index in [-0.39, 0.29) is 17.9 Å². The van der Waals surface area contributed by atoms with E-state index in [1.807, 2.05) is 24.3 Å². The standard InChI is InChI=1S/C24H34N4O5S/c1-32-21-7-5-20(6-8-21)26-13-15-27(16-14-26)22(23-4-3-17-33-23)18-25-24(29)19-9-11-28(12-10-19)34(2,30)31/h3-8,17,19,22H,9-16,18H2,1-2H3,(H,25,29). The van der Waals surface area contributed by atoms with Gasteiger partial charge >= 0.3 is 0 Å². The minimum atomic E-state index is -3.20. The van der Waals surface area contributed by atoms with Crippen LogP contribution >= 0.6 is 0 Å². The van der Waals surface area contributed by atoms with Crippen LogP contribution in [-0.2, 0) is 14.8 Å². The summed E-state index contributed by atoms with van der Waals surface area (Å²) >= 11 is 0. The van der Waals surface area contributed by atoms with Crippen molar-refractivity contribution in [3.05, 3.63) is 48.4 Å². The minimum absolute atomic E-state index is 0.0124. The second-order valence-electron chi connectivity index (χ2n) is 8.93. The Labute approximate surface area is 201 Å². The highest BCUT2D eigenvalue weighted by atomic mass is 32.2. The van der Waals surface area contributed by atoms with Crippen LogP contribution in [0.25, 0.3) is 0 Å². The zero-order valence-electron chi connectivity index (χ0n) is 19.9. The molecule has 186 valence electrons. The smallest absolute Gasteiger partial charge is 0.223 e.